The van der Waals surface area contributed by atoms with Gasteiger partial charge in [0.15, 0.2) is 11.5 Å². The molecular formula is C35H38N2O3. The lowest BCUT2D eigenvalue weighted by molar-refractivity contribution is -0.0346. The summed E-state index contributed by atoms with van der Waals surface area (Å²) in [5.41, 5.74) is 7.07. The zero-order valence-corrected chi connectivity index (χ0v) is 23.2. The first-order valence-corrected chi connectivity index (χ1v) is 14.7. The van der Waals surface area contributed by atoms with E-state index in [1.54, 1.807) is 6.07 Å². The van der Waals surface area contributed by atoms with E-state index < -0.39 is 6.10 Å². The SMILES string of the molecule is Cc1ccc(CC/C=C(\Nc2ccc(C)cc2)NC2CC[C@]34c5c6ccc(O)c5O[C@H]3[C@@H](O)C=CC4[C@H]2C6)cc1. The van der Waals surface area contributed by atoms with Gasteiger partial charge in [0, 0.05) is 22.7 Å². The molecule has 1 aliphatic heterocycles. The van der Waals surface area contributed by atoms with Crippen LogP contribution in [-0.4, -0.2) is 28.5 Å². The molecule has 6 atom stereocenters. The minimum Gasteiger partial charge on any atom is -0.504 e. The van der Waals surface area contributed by atoms with Gasteiger partial charge in [0.1, 0.15) is 12.2 Å². The molecule has 3 aromatic carbocycles. The van der Waals surface area contributed by atoms with Crippen LogP contribution in [0, 0.1) is 25.7 Å². The van der Waals surface area contributed by atoms with Gasteiger partial charge in [0.05, 0.1) is 5.82 Å². The Morgan fingerprint density at radius 2 is 1.75 bits per heavy atom. The quantitative estimate of drug-likeness (QED) is 0.277. The molecule has 0 amide bonds. The monoisotopic (exact) mass is 534 g/mol. The number of hydrogen-bond donors (Lipinski definition) is 4. The van der Waals surface area contributed by atoms with E-state index in [9.17, 15) is 10.2 Å². The van der Waals surface area contributed by atoms with Crippen LogP contribution in [0.2, 0.25) is 0 Å². The Morgan fingerprint density at radius 1 is 1.00 bits per heavy atom. The number of ether oxygens (including phenoxy) is 1. The number of allylic oxidation sites excluding steroid dienone is 2. The van der Waals surface area contributed by atoms with E-state index in [4.69, 9.17) is 4.74 Å². The first-order chi connectivity index (χ1) is 19.4. The van der Waals surface area contributed by atoms with Gasteiger partial charge < -0.3 is 25.6 Å². The number of aromatic hydroxyl groups is 1. The zero-order valence-electron chi connectivity index (χ0n) is 23.2. The predicted octanol–water partition coefficient (Wildman–Crippen LogP) is 6.07. The Hall–Kier alpha value is -3.70. The lowest BCUT2D eigenvalue weighted by Crippen LogP contribution is -2.62. The number of nitrogens with one attached hydrogen (secondary N) is 2. The molecule has 3 aromatic rings. The van der Waals surface area contributed by atoms with Gasteiger partial charge in [0.2, 0.25) is 0 Å². The molecule has 7 rings (SSSR count). The van der Waals surface area contributed by atoms with Crippen LogP contribution in [0.15, 0.2) is 84.7 Å². The molecule has 1 heterocycles. The predicted molar refractivity (Wildman–Crippen MR) is 159 cm³/mol. The molecule has 3 aliphatic carbocycles. The van der Waals surface area contributed by atoms with Crippen molar-refractivity contribution in [3.63, 3.8) is 0 Å². The van der Waals surface area contributed by atoms with Crippen molar-refractivity contribution in [2.24, 2.45) is 11.8 Å². The topological polar surface area (TPSA) is 73.8 Å². The molecule has 0 radical (unpaired) electrons. The fraction of sp³-hybridized carbons (Fsp3) is 0.371. The summed E-state index contributed by atoms with van der Waals surface area (Å²) in [6.45, 7) is 4.24. The highest BCUT2D eigenvalue weighted by Gasteiger charge is 2.64. The van der Waals surface area contributed by atoms with Crippen molar-refractivity contribution in [3.8, 4) is 11.5 Å². The molecule has 0 aromatic heterocycles. The molecule has 0 saturated heterocycles. The van der Waals surface area contributed by atoms with Crippen molar-refractivity contribution in [1.82, 2.24) is 5.32 Å². The third-order valence-corrected chi connectivity index (χ3v) is 9.74. The number of aryl methyl sites for hydroxylation is 3. The lowest BCUT2D eigenvalue weighted by atomic mass is 9.48. The number of aliphatic hydroxyl groups excluding tert-OH is 1. The van der Waals surface area contributed by atoms with Gasteiger partial charge in [-0.1, -0.05) is 65.7 Å². The fourth-order valence-electron chi connectivity index (χ4n) is 7.82. The van der Waals surface area contributed by atoms with Gasteiger partial charge in [-0.05, 0) is 93.2 Å². The van der Waals surface area contributed by atoms with E-state index >= 15 is 0 Å². The molecule has 2 unspecified atom stereocenters. The summed E-state index contributed by atoms with van der Waals surface area (Å²) >= 11 is 0. The Kier molecular flexibility index (Phi) is 6.16. The zero-order chi connectivity index (χ0) is 27.4. The molecule has 1 fully saturated rings. The van der Waals surface area contributed by atoms with E-state index in [0.717, 1.165) is 49.2 Å². The van der Waals surface area contributed by atoms with Gasteiger partial charge in [0.25, 0.3) is 0 Å². The number of phenols is 1. The normalized spacial score (nSPS) is 29.5. The summed E-state index contributed by atoms with van der Waals surface area (Å²) in [4.78, 5) is 0. The fourth-order valence-corrected chi connectivity index (χ4v) is 7.82. The summed E-state index contributed by atoms with van der Waals surface area (Å²) in [5.74, 6) is 2.43. The van der Waals surface area contributed by atoms with Crippen molar-refractivity contribution >= 4 is 5.69 Å². The molecule has 1 spiro atoms. The van der Waals surface area contributed by atoms with Crippen molar-refractivity contribution in [2.45, 2.75) is 69.6 Å². The molecule has 2 bridgehead atoms. The highest BCUT2D eigenvalue weighted by Crippen LogP contribution is 2.64. The van der Waals surface area contributed by atoms with E-state index in [1.165, 1.54) is 22.3 Å². The second kappa shape index (κ2) is 9.74. The number of aliphatic hydroxyl groups is 1. The van der Waals surface area contributed by atoms with Crippen LogP contribution < -0.4 is 15.4 Å². The summed E-state index contributed by atoms with van der Waals surface area (Å²) < 4.78 is 6.33. The number of phenolic OH excluding ortho intramolecular Hbond substituents is 1. The van der Waals surface area contributed by atoms with Crippen molar-refractivity contribution < 1.29 is 14.9 Å². The number of hydrogen-bond acceptors (Lipinski definition) is 5. The van der Waals surface area contributed by atoms with E-state index in [1.807, 2.05) is 6.08 Å². The smallest absolute Gasteiger partial charge is 0.165 e. The van der Waals surface area contributed by atoms with Crippen LogP contribution in [-0.2, 0) is 18.3 Å². The summed E-state index contributed by atoms with van der Waals surface area (Å²) in [7, 11) is 0. The van der Waals surface area contributed by atoms with Crippen LogP contribution in [0.1, 0.15) is 47.1 Å². The molecule has 5 nitrogen and oxygen atoms in total. The van der Waals surface area contributed by atoms with Gasteiger partial charge in [-0.25, -0.2) is 0 Å². The second-order valence-electron chi connectivity index (χ2n) is 12.2. The average molecular weight is 535 g/mol. The lowest BCUT2D eigenvalue weighted by Gasteiger charge is -2.56. The molecule has 40 heavy (non-hydrogen) atoms. The molecule has 5 heteroatoms. The van der Waals surface area contributed by atoms with Crippen molar-refractivity contribution in [1.29, 1.82) is 0 Å². The molecule has 4 N–H and O–H groups in total. The summed E-state index contributed by atoms with van der Waals surface area (Å²) in [6.07, 6.45) is 10.2. The summed E-state index contributed by atoms with van der Waals surface area (Å²) in [6, 6.07) is 21.5. The van der Waals surface area contributed by atoms with E-state index in [2.05, 4.69) is 91.2 Å². The van der Waals surface area contributed by atoms with Crippen LogP contribution in [0.25, 0.3) is 0 Å². The van der Waals surface area contributed by atoms with E-state index in [0.29, 0.717) is 11.7 Å². The molecule has 1 saturated carbocycles. The third kappa shape index (κ3) is 4.10. The molecule has 206 valence electrons. The van der Waals surface area contributed by atoms with Crippen molar-refractivity contribution in [2.75, 3.05) is 5.32 Å². The van der Waals surface area contributed by atoms with Crippen molar-refractivity contribution in [3.05, 3.63) is 113 Å². The molecular weight excluding hydrogens is 496 g/mol. The maximum Gasteiger partial charge on any atom is 0.165 e. The first kappa shape index (κ1) is 25.3. The maximum absolute atomic E-state index is 11.0. The maximum atomic E-state index is 11.0. The highest BCUT2D eigenvalue weighted by molar-refractivity contribution is 5.61. The third-order valence-electron chi connectivity index (χ3n) is 9.74. The van der Waals surface area contributed by atoms with Crippen LogP contribution in [0.5, 0.6) is 11.5 Å². The Bertz CT molecular complexity index is 1480. The number of benzene rings is 3. The first-order valence-electron chi connectivity index (χ1n) is 14.7. The largest absolute Gasteiger partial charge is 0.504 e. The number of anilines is 1. The average Bonchev–Trinajstić information content (AvgIpc) is 3.31. The second-order valence-corrected chi connectivity index (χ2v) is 12.2. The van der Waals surface area contributed by atoms with Crippen LogP contribution in [0.4, 0.5) is 5.69 Å². The minimum atomic E-state index is -0.667. The molecule has 4 aliphatic rings. The summed E-state index contributed by atoms with van der Waals surface area (Å²) in [5, 5.41) is 29.2. The van der Waals surface area contributed by atoms with Crippen LogP contribution in [0.3, 0.4) is 0 Å². The highest BCUT2D eigenvalue weighted by atomic mass is 16.5. The Balaban J connectivity index is 1.18. The Morgan fingerprint density at radius 3 is 2.52 bits per heavy atom. The van der Waals surface area contributed by atoms with Gasteiger partial charge in [-0.3, -0.25) is 0 Å². The minimum absolute atomic E-state index is 0.188. The van der Waals surface area contributed by atoms with Gasteiger partial charge >= 0.3 is 0 Å². The number of rotatable bonds is 7. The van der Waals surface area contributed by atoms with E-state index in [-0.39, 0.29) is 29.2 Å². The van der Waals surface area contributed by atoms with Gasteiger partial charge in [-0.15, -0.1) is 0 Å². The van der Waals surface area contributed by atoms with Gasteiger partial charge in [-0.2, -0.15) is 0 Å². The standard InChI is InChI=1S/C35H38N2O3/c1-21-6-10-23(11-7-21)4-3-5-31(36-25-13-8-22(2)9-14-25)37-28-18-19-35-27-15-17-30(39)34(35)40-33-29(38)16-12-24(32(33)35)20-26(27)28/h5-17,26-28,30,34,36-39H,3-4,18-20H2,1-2H3/b31-5+/t26-,27?,28?,30+,34+,35+/m1/s1. The Labute approximate surface area is 236 Å². The van der Waals surface area contributed by atoms with Crippen LogP contribution >= 0.6 is 0 Å².